The lowest BCUT2D eigenvalue weighted by Crippen LogP contribution is -2.50. The number of fused-ring (bicyclic) bond motifs is 1. The third-order valence-corrected chi connectivity index (χ3v) is 11.3. The smallest absolute Gasteiger partial charge is 0.267 e. The molecule has 1 aliphatic heterocycles. The Morgan fingerprint density at radius 3 is 2.49 bits per heavy atom. The number of nitrogens with one attached hydrogen (secondary N) is 1. The number of aliphatic hydroxyl groups is 1. The van der Waals surface area contributed by atoms with Crippen molar-refractivity contribution in [1.82, 2.24) is 9.97 Å². The molecular formula is C31H37F2N5O5S2. The first-order valence-corrected chi connectivity index (χ1v) is 17.3. The van der Waals surface area contributed by atoms with E-state index in [0.717, 1.165) is 28.4 Å². The Bertz CT molecular complexity index is 1700. The predicted octanol–water partition coefficient (Wildman–Crippen LogP) is 4.67. The van der Waals surface area contributed by atoms with E-state index in [1.165, 1.54) is 36.0 Å². The van der Waals surface area contributed by atoms with Crippen molar-refractivity contribution in [2.24, 2.45) is 5.73 Å². The van der Waals surface area contributed by atoms with E-state index in [1.54, 1.807) is 26.0 Å². The number of aliphatic hydroxyl groups excluding tert-OH is 1. The fourth-order valence-corrected chi connectivity index (χ4v) is 8.53. The average molecular weight is 662 g/mol. The minimum atomic E-state index is -4.32. The standard InChI is InChI=1S/C31H37F2N5O5S2/c1-5-12-44-29-36-25(35-23-14-24(39)28-27(23)42-30(3,4)43-28)15-26(37-29)38(45(40,41)19-9-6-17(2)7-10-19)31(34)16-20(31)18-8-11-21(32)22(33)13-18/h6-11,13,15,20,23-24,27-28,39H,5,12,14,16,34H2,1-4H3,(H,35,36,37)/t20-,23+,24-,27-,28+,31+/m0/s1. The molecule has 2 aliphatic carbocycles. The number of ether oxygens (including phenoxy) is 2. The van der Waals surface area contributed by atoms with E-state index in [-0.39, 0.29) is 23.2 Å². The van der Waals surface area contributed by atoms with Crippen molar-refractivity contribution >= 4 is 33.4 Å². The van der Waals surface area contributed by atoms with Gasteiger partial charge in [-0.1, -0.05) is 42.4 Å². The Morgan fingerprint density at radius 1 is 1.09 bits per heavy atom. The van der Waals surface area contributed by atoms with Gasteiger partial charge >= 0.3 is 0 Å². The van der Waals surface area contributed by atoms with Gasteiger partial charge in [0.15, 0.2) is 28.4 Å². The second-order valence-electron chi connectivity index (χ2n) is 12.4. The lowest BCUT2D eigenvalue weighted by Gasteiger charge is -2.31. The summed E-state index contributed by atoms with van der Waals surface area (Å²) in [6.45, 7) is 7.42. The first kappa shape index (κ1) is 32.1. The molecule has 0 unspecified atom stereocenters. The van der Waals surface area contributed by atoms with E-state index in [0.29, 0.717) is 28.7 Å². The van der Waals surface area contributed by atoms with E-state index in [1.807, 2.05) is 13.8 Å². The molecule has 1 saturated heterocycles. The summed E-state index contributed by atoms with van der Waals surface area (Å²) in [7, 11) is -4.32. The summed E-state index contributed by atoms with van der Waals surface area (Å²) in [6.07, 6.45) is -0.460. The van der Waals surface area contributed by atoms with Gasteiger partial charge in [-0.05, 0) is 69.9 Å². The quantitative estimate of drug-likeness (QED) is 0.160. The zero-order valence-corrected chi connectivity index (χ0v) is 27.0. The zero-order chi connectivity index (χ0) is 32.3. The summed E-state index contributed by atoms with van der Waals surface area (Å²) in [5, 5.41) is 14.4. The van der Waals surface area contributed by atoms with Gasteiger partial charge in [-0.3, -0.25) is 0 Å². The van der Waals surface area contributed by atoms with Gasteiger partial charge in [0.2, 0.25) is 0 Å². The maximum absolute atomic E-state index is 14.4. The van der Waals surface area contributed by atoms with Crippen LogP contribution in [0, 0.1) is 18.6 Å². The number of nitrogens with zero attached hydrogens (tertiary/aromatic N) is 3. The van der Waals surface area contributed by atoms with Crippen molar-refractivity contribution in [2.45, 2.75) is 98.7 Å². The topological polar surface area (TPSA) is 140 Å². The first-order valence-electron chi connectivity index (χ1n) is 14.9. The third kappa shape index (κ3) is 6.15. The van der Waals surface area contributed by atoms with E-state index >= 15 is 0 Å². The molecule has 0 spiro atoms. The Labute approximate surface area is 265 Å². The van der Waals surface area contributed by atoms with E-state index < -0.39 is 57.3 Å². The van der Waals surface area contributed by atoms with Crippen molar-refractivity contribution in [3.63, 3.8) is 0 Å². The van der Waals surface area contributed by atoms with Crippen LogP contribution in [0.2, 0.25) is 0 Å². The summed E-state index contributed by atoms with van der Waals surface area (Å²) in [5.41, 5.74) is 6.61. The molecule has 0 amide bonds. The van der Waals surface area contributed by atoms with Crippen LogP contribution in [-0.4, -0.2) is 65.0 Å². The molecule has 2 aromatic carbocycles. The van der Waals surface area contributed by atoms with E-state index in [4.69, 9.17) is 15.2 Å². The number of nitrogens with two attached hydrogens (primary N) is 1. The van der Waals surface area contributed by atoms with Crippen LogP contribution in [-0.2, 0) is 19.5 Å². The van der Waals surface area contributed by atoms with Gasteiger partial charge in [0.05, 0.1) is 17.0 Å². The van der Waals surface area contributed by atoms with Crippen molar-refractivity contribution in [1.29, 1.82) is 0 Å². The number of hydrogen-bond acceptors (Lipinski definition) is 10. The highest BCUT2D eigenvalue weighted by Gasteiger charge is 2.61. The van der Waals surface area contributed by atoms with Crippen molar-refractivity contribution < 1.29 is 31.8 Å². The first-order chi connectivity index (χ1) is 21.2. The number of benzene rings is 2. The maximum Gasteiger partial charge on any atom is 0.267 e. The summed E-state index contributed by atoms with van der Waals surface area (Å²) in [5.74, 6) is -2.53. The number of sulfonamides is 1. The molecule has 10 nitrogen and oxygen atoms in total. The number of aryl methyl sites for hydroxylation is 1. The summed E-state index contributed by atoms with van der Waals surface area (Å²) < 4.78 is 70.0. The van der Waals surface area contributed by atoms with Crippen LogP contribution in [0.15, 0.2) is 58.6 Å². The summed E-state index contributed by atoms with van der Waals surface area (Å²) in [6, 6.07) is 11.0. The van der Waals surface area contributed by atoms with Crippen LogP contribution in [0.1, 0.15) is 57.1 Å². The fourth-order valence-electron chi connectivity index (χ4n) is 6.14. The number of hydrogen-bond donors (Lipinski definition) is 3. The second kappa shape index (κ2) is 11.7. The molecule has 0 radical (unpaired) electrons. The summed E-state index contributed by atoms with van der Waals surface area (Å²) >= 11 is 1.36. The van der Waals surface area contributed by atoms with Gasteiger partial charge in [-0.15, -0.1) is 0 Å². The zero-order valence-electron chi connectivity index (χ0n) is 25.4. The molecule has 6 atom stereocenters. The third-order valence-electron chi connectivity index (χ3n) is 8.36. The number of anilines is 2. The van der Waals surface area contributed by atoms with Crippen molar-refractivity contribution in [3.05, 3.63) is 71.3 Å². The molecule has 242 valence electrons. The maximum atomic E-state index is 14.4. The Hall–Kier alpha value is -2.88. The molecular weight excluding hydrogens is 625 g/mol. The number of aromatic nitrogens is 2. The van der Waals surface area contributed by atoms with Crippen LogP contribution in [0.3, 0.4) is 0 Å². The molecule has 0 bridgehead atoms. The average Bonchev–Trinajstić information content (AvgIpc) is 3.42. The van der Waals surface area contributed by atoms with Crippen LogP contribution in [0.4, 0.5) is 20.4 Å². The number of halogens is 2. The fraction of sp³-hybridized carbons (Fsp3) is 0.484. The monoisotopic (exact) mass is 661 g/mol. The van der Waals surface area contributed by atoms with Gasteiger partial charge in [0.25, 0.3) is 10.0 Å². The van der Waals surface area contributed by atoms with Crippen molar-refractivity contribution in [3.8, 4) is 0 Å². The molecule has 6 rings (SSSR count). The number of rotatable bonds is 10. The molecule has 3 aromatic rings. The highest BCUT2D eigenvalue weighted by Crippen LogP contribution is 2.55. The van der Waals surface area contributed by atoms with Crippen LogP contribution >= 0.6 is 11.8 Å². The van der Waals surface area contributed by atoms with E-state index in [9.17, 15) is 22.3 Å². The summed E-state index contributed by atoms with van der Waals surface area (Å²) in [4.78, 5) is 9.34. The van der Waals surface area contributed by atoms with Crippen LogP contribution in [0.5, 0.6) is 0 Å². The highest BCUT2D eigenvalue weighted by molar-refractivity contribution is 7.99. The molecule has 2 heterocycles. The molecule has 3 aliphatic rings. The van der Waals surface area contributed by atoms with Gasteiger partial charge < -0.3 is 25.6 Å². The second-order valence-corrected chi connectivity index (χ2v) is 15.2. The molecule has 14 heteroatoms. The minimum absolute atomic E-state index is 0.00485. The predicted molar refractivity (Wildman–Crippen MR) is 166 cm³/mol. The Morgan fingerprint density at radius 2 is 1.80 bits per heavy atom. The normalized spacial score (nSPS) is 28.6. The highest BCUT2D eigenvalue weighted by atomic mass is 32.2. The lowest BCUT2D eigenvalue weighted by atomic mass is 10.1. The van der Waals surface area contributed by atoms with Gasteiger partial charge in [0.1, 0.15) is 23.7 Å². The molecule has 4 N–H and O–H groups in total. The molecule has 45 heavy (non-hydrogen) atoms. The van der Waals surface area contributed by atoms with Crippen LogP contribution in [0.25, 0.3) is 0 Å². The Kier molecular flexibility index (Phi) is 8.36. The van der Waals surface area contributed by atoms with Gasteiger partial charge in [-0.25, -0.2) is 31.5 Å². The minimum Gasteiger partial charge on any atom is -0.390 e. The molecule has 1 aromatic heterocycles. The Balaban J connectivity index is 1.43. The van der Waals surface area contributed by atoms with Crippen molar-refractivity contribution in [2.75, 3.05) is 15.4 Å². The van der Waals surface area contributed by atoms with Gasteiger partial charge in [-0.2, -0.15) is 0 Å². The largest absolute Gasteiger partial charge is 0.390 e. The van der Waals surface area contributed by atoms with Gasteiger partial charge in [0, 0.05) is 17.7 Å². The molecule has 3 fully saturated rings. The number of thioether (sulfide) groups is 1. The van der Waals surface area contributed by atoms with E-state index in [2.05, 4.69) is 15.3 Å². The lowest BCUT2D eigenvalue weighted by molar-refractivity contribution is -0.162. The van der Waals surface area contributed by atoms with Crippen LogP contribution < -0.4 is 15.4 Å². The SMILES string of the molecule is CCCSc1nc(N[C@@H]2C[C@H](O)[C@H]3OC(C)(C)O[C@H]32)cc(N([C@]2(N)C[C@H]2c2ccc(F)c(F)c2)S(=O)(=O)c2ccc(C)cc2)n1. The molecule has 2 saturated carbocycles.